The average Bonchev–Trinajstić information content (AvgIpc) is 2.92. The van der Waals surface area contributed by atoms with Crippen molar-refractivity contribution in [1.82, 2.24) is 20.2 Å². The van der Waals surface area contributed by atoms with Gasteiger partial charge >= 0.3 is 0 Å². The lowest BCUT2D eigenvalue weighted by Gasteiger charge is -2.10. The predicted molar refractivity (Wildman–Crippen MR) is 84.0 cm³/mol. The van der Waals surface area contributed by atoms with Crippen molar-refractivity contribution in [3.8, 4) is 5.69 Å². The van der Waals surface area contributed by atoms with E-state index >= 15 is 0 Å². The monoisotopic (exact) mass is 412 g/mol. The second-order valence-electron chi connectivity index (χ2n) is 4.22. The maximum Gasteiger partial charge on any atom is 0.273 e. The van der Waals surface area contributed by atoms with Crippen LogP contribution in [0.15, 0.2) is 23.4 Å². The third-order valence-corrected chi connectivity index (χ3v) is 7.04. The van der Waals surface area contributed by atoms with Crippen LogP contribution in [-0.4, -0.2) is 32.8 Å². The van der Waals surface area contributed by atoms with Crippen molar-refractivity contribution < 1.29 is 8.42 Å². The van der Waals surface area contributed by atoms with Gasteiger partial charge in [-0.2, -0.15) is 4.68 Å². The summed E-state index contributed by atoms with van der Waals surface area (Å²) in [5.41, 5.74) is 0.421. The zero-order chi connectivity index (χ0) is 15.6. The van der Waals surface area contributed by atoms with E-state index < -0.39 is 14.0 Å². The van der Waals surface area contributed by atoms with Crippen LogP contribution in [0.25, 0.3) is 5.69 Å². The molecule has 2 aromatic rings. The molecular formula is C11H11BrCl2N4O2S. The van der Waals surface area contributed by atoms with E-state index in [1.807, 2.05) is 6.92 Å². The van der Waals surface area contributed by atoms with E-state index in [-0.39, 0.29) is 10.2 Å². The first kappa shape index (κ1) is 16.7. The highest BCUT2D eigenvalue weighted by Crippen LogP contribution is 2.27. The molecule has 0 N–H and O–H groups in total. The van der Waals surface area contributed by atoms with Crippen LogP contribution in [0, 0.1) is 0 Å². The van der Waals surface area contributed by atoms with Gasteiger partial charge in [0.2, 0.25) is 9.84 Å². The second kappa shape index (κ2) is 6.60. The van der Waals surface area contributed by atoms with Crippen LogP contribution in [0.2, 0.25) is 10.0 Å². The summed E-state index contributed by atoms with van der Waals surface area (Å²) >= 11 is 15.0. The summed E-state index contributed by atoms with van der Waals surface area (Å²) in [5, 5.41) is 11.2. The molecule has 2 rings (SSSR count). The number of hydrogen-bond donors (Lipinski definition) is 0. The van der Waals surface area contributed by atoms with Crippen molar-refractivity contribution >= 4 is 49.0 Å². The number of sulfone groups is 1. The molecule has 0 amide bonds. The molecule has 1 unspecified atom stereocenters. The molecule has 1 atom stereocenters. The van der Waals surface area contributed by atoms with Crippen molar-refractivity contribution in [3.63, 3.8) is 0 Å². The van der Waals surface area contributed by atoms with Gasteiger partial charge in [0.1, 0.15) is 4.16 Å². The first-order valence-corrected chi connectivity index (χ1v) is 9.21. The predicted octanol–water partition coefficient (Wildman–Crippen LogP) is 3.26. The summed E-state index contributed by atoms with van der Waals surface area (Å²) in [6, 6.07) is 4.64. The molecule has 10 heteroatoms. The minimum absolute atomic E-state index is 0.240. The summed E-state index contributed by atoms with van der Waals surface area (Å²) < 4.78 is 25.3. The SMILES string of the molecule is CCCC(Br)S(=O)(=O)c1nnnn1-c1ccc(Cl)c(Cl)c1. The molecular weight excluding hydrogens is 403 g/mol. The Balaban J connectivity index is 2.50. The fourth-order valence-corrected chi connectivity index (χ4v) is 4.19. The van der Waals surface area contributed by atoms with Crippen LogP contribution in [0.4, 0.5) is 0 Å². The summed E-state index contributed by atoms with van der Waals surface area (Å²) in [6.45, 7) is 1.89. The summed E-state index contributed by atoms with van der Waals surface area (Å²) in [4.78, 5) is 0. The summed E-state index contributed by atoms with van der Waals surface area (Å²) in [7, 11) is -3.69. The van der Waals surface area contributed by atoms with Gasteiger partial charge in [-0.25, -0.2) is 8.42 Å². The van der Waals surface area contributed by atoms with E-state index in [9.17, 15) is 8.42 Å². The third-order valence-electron chi connectivity index (χ3n) is 2.70. The molecule has 0 aliphatic carbocycles. The lowest BCUT2D eigenvalue weighted by molar-refractivity contribution is 0.574. The largest absolute Gasteiger partial charge is 0.273 e. The summed E-state index contributed by atoms with van der Waals surface area (Å²) in [6.07, 6.45) is 1.17. The topological polar surface area (TPSA) is 77.7 Å². The zero-order valence-electron chi connectivity index (χ0n) is 10.9. The zero-order valence-corrected chi connectivity index (χ0v) is 14.8. The smallest absolute Gasteiger partial charge is 0.219 e. The van der Waals surface area contributed by atoms with Crippen molar-refractivity contribution in [1.29, 1.82) is 0 Å². The Hall–Kier alpha value is -0.700. The van der Waals surface area contributed by atoms with E-state index in [1.165, 1.54) is 6.07 Å². The second-order valence-corrected chi connectivity index (χ2v) is 8.77. The molecule has 0 aliphatic rings. The van der Waals surface area contributed by atoms with Crippen molar-refractivity contribution in [2.24, 2.45) is 0 Å². The van der Waals surface area contributed by atoms with Crippen molar-refractivity contribution in [3.05, 3.63) is 28.2 Å². The molecule has 0 spiro atoms. The van der Waals surface area contributed by atoms with Gasteiger partial charge in [0.25, 0.3) is 5.16 Å². The Bertz CT molecular complexity index is 750. The molecule has 0 aliphatic heterocycles. The average molecular weight is 414 g/mol. The van der Waals surface area contributed by atoms with Gasteiger partial charge in [0.05, 0.1) is 15.7 Å². The number of aromatic nitrogens is 4. The molecule has 0 saturated heterocycles. The van der Waals surface area contributed by atoms with Crippen LogP contribution in [0.3, 0.4) is 0 Å². The number of rotatable bonds is 5. The Morgan fingerprint density at radius 3 is 2.67 bits per heavy atom. The summed E-state index contributed by atoms with van der Waals surface area (Å²) in [5.74, 6) is 0. The van der Waals surface area contributed by atoms with Crippen LogP contribution >= 0.6 is 39.1 Å². The fraction of sp³-hybridized carbons (Fsp3) is 0.364. The van der Waals surface area contributed by atoms with Crippen molar-refractivity contribution in [2.75, 3.05) is 0 Å². The van der Waals surface area contributed by atoms with Crippen LogP contribution < -0.4 is 0 Å². The highest BCUT2D eigenvalue weighted by Gasteiger charge is 2.31. The molecule has 21 heavy (non-hydrogen) atoms. The third kappa shape index (κ3) is 3.39. The van der Waals surface area contributed by atoms with Gasteiger partial charge in [0, 0.05) is 0 Å². The fourth-order valence-electron chi connectivity index (χ4n) is 1.63. The minimum Gasteiger partial charge on any atom is -0.219 e. The van der Waals surface area contributed by atoms with E-state index in [4.69, 9.17) is 23.2 Å². The molecule has 1 heterocycles. The molecule has 1 aromatic carbocycles. The normalized spacial score (nSPS) is 13.3. The highest BCUT2D eigenvalue weighted by atomic mass is 79.9. The number of hydrogen-bond acceptors (Lipinski definition) is 5. The Labute approximate surface area is 140 Å². The maximum atomic E-state index is 12.5. The van der Waals surface area contributed by atoms with Gasteiger partial charge in [-0.3, -0.25) is 0 Å². The molecule has 1 aromatic heterocycles. The van der Waals surface area contributed by atoms with E-state index in [1.54, 1.807) is 12.1 Å². The number of nitrogens with zero attached hydrogens (tertiary/aromatic N) is 4. The minimum atomic E-state index is -3.69. The van der Waals surface area contributed by atoms with Gasteiger partial charge in [-0.05, 0) is 35.0 Å². The standard InChI is InChI=1S/C11H11BrCl2N4O2S/c1-2-3-10(12)21(19,20)11-15-16-17-18(11)7-4-5-8(13)9(14)6-7/h4-6,10H,2-3H2,1H3. The maximum absolute atomic E-state index is 12.5. The molecule has 114 valence electrons. The van der Waals surface area contributed by atoms with E-state index in [0.717, 1.165) is 4.68 Å². The Kier molecular flexibility index (Phi) is 5.24. The number of benzene rings is 1. The van der Waals surface area contributed by atoms with Crippen LogP contribution in [0.1, 0.15) is 19.8 Å². The molecule has 6 nitrogen and oxygen atoms in total. The van der Waals surface area contributed by atoms with Gasteiger partial charge < -0.3 is 0 Å². The lowest BCUT2D eigenvalue weighted by Crippen LogP contribution is -2.19. The van der Waals surface area contributed by atoms with E-state index in [2.05, 4.69) is 31.5 Å². The number of halogens is 3. The molecule has 0 saturated carbocycles. The highest BCUT2D eigenvalue weighted by molar-refractivity contribution is 9.11. The number of alkyl halides is 1. The first-order valence-electron chi connectivity index (χ1n) is 5.99. The molecule has 0 radical (unpaired) electrons. The molecule has 0 fully saturated rings. The Morgan fingerprint density at radius 1 is 1.33 bits per heavy atom. The lowest BCUT2D eigenvalue weighted by atomic mass is 10.3. The quantitative estimate of drug-likeness (QED) is 0.703. The number of tetrazole rings is 1. The first-order chi connectivity index (χ1) is 9.87. The molecule has 0 bridgehead atoms. The van der Waals surface area contributed by atoms with Crippen LogP contribution in [-0.2, 0) is 9.84 Å². The van der Waals surface area contributed by atoms with Crippen molar-refractivity contribution in [2.45, 2.75) is 29.1 Å². The van der Waals surface area contributed by atoms with Crippen LogP contribution in [0.5, 0.6) is 0 Å². The van der Waals surface area contributed by atoms with Gasteiger partial charge in [-0.1, -0.05) is 57.6 Å². The Morgan fingerprint density at radius 2 is 2.05 bits per heavy atom. The van der Waals surface area contributed by atoms with Gasteiger partial charge in [-0.15, -0.1) is 0 Å². The van der Waals surface area contributed by atoms with E-state index in [0.29, 0.717) is 23.6 Å². The van der Waals surface area contributed by atoms with Gasteiger partial charge in [0.15, 0.2) is 0 Å².